The molecule has 9 heteroatoms. The molecule has 1 fully saturated rings. The topological polar surface area (TPSA) is 108 Å². The van der Waals surface area contributed by atoms with Crippen molar-refractivity contribution in [1.29, 1.82) is 0 Å². The molecule has 1 saturated heterocycles. The summed E-state index contributed by atoms with van der Waals surface area (Å²) in [5.41, 5.74) is 8.66. The molecule has 0 bridgehead atoms. The molecule has 1 aromatic heterocycles. The van der Waals surface area contributed by atoms with Gasteiger partial charge in [-0.2, -0.15) is 0 Å². The van der Waals surface area contributed by atoms with Crippen LogP contribution < -0.4 is 26.1 Å². The fraction of sp³-hybridized carbons (Fsp3) is 0.429. The molecule has 37 heavy (non-hydrogen) atoms. The van der Waals surface area contributed by atoms with E-state index in [9.17, 15) is 9.59 Å². The number of rotatable bonds is 9. The number of primary amides is 1. The summed E-state index contributed by atoms with van der Waals surface area (Å²) in [5, 5.41) is 4.36. The Labute approximate surface area is 216 Å². The number of hydrogen-bond donors (Lipinski definition) is 2. The highest BCUT2D eigenvalue weighted by atomic mass is 16.6. The number of ether oxygens (including phenoxy) is 3. The summed E-state index contributed by atoms with van der Waals surface area (Å²) in [6, 6.07) is 13.4. The van der Waals surface area contributed by atoms with E-state index in [1.165, 1.54) is 11.6 Å². The van der Waals surface area contributed by atoms with E-state index in [1.807, 2.05) is 12.1 Å². The number of pyridine rings is 1. The number of nitrogens with zero attached hydrogens (tertiary/aromatic N) is 2. The standard InChI is InChI=1S/C28H34N4O5/c1-35-18-20-14-23(28(29)34)22-3-5-27(33)32(24(22)15-20)11-10-31-8-6-21(7-9-31)30-17-19-2-4-25-26(16-19)37-13-12-36-25/h2-5,14-16,21,30H,6-13,17-18H2,1H3,(H2,29,34). The van der Waals surface area contributed by atoms with Gasteiger partial charge in [0.15, 0.2) is 11.5 Å². The van der Waals surface area contributed by atoms with Crippen molar-refractivity contribution in [3.63, 3.8) is 0 Å². The molecule has 2 aliphatic heterocycles. The maximum Gasteiger partial charge on any atom is 0.251 e. The van der Waals surface area contributed by atoms with E-state index < -0.39 is 5.91 Å². The van der Waals surface area contributed by atoms with Crippen molar-refractivity contribution in [2.24, 2.45) is 5.73 Å². The molecule has 0 unspecified atom stereocenters. The van der Waals surface area contributed by atoms with Gasteiger partial charge in [-0.25, -0.2) is 0 Å². The number of amides is 1. The van der Waals surface area contributed by atoms with Crippen LogP contribution in [-0.2, 0) is 24.4 Å². The van der Waals surface area contributed by atoms with Gasteiger partial charge in [0.25, 0.3) is 5.56 Å². The van der Waals surface area contributed by atoms with Crippen LogP contribution in [0.25, 0.3) is 10.9 Å². The van der Waals surface area contributed by atoms with E-state index in [-0.39, 0.29) is 5.56 Å². The number of carbonyl (C=O) groups excluding carboxylic acids is 1. The third kappa shape index (κ3) is 5.79. The van der Waals surface area contributed by atoms with Crippen LogP contribution >= 0.6 is 0 Å². The van der Waals surface area contributed by atoms with Gasteiger partial charge in [0.1, 0.15) is 13.2 Å². The summed E-state index contributed by atoms with van der Waals surface area (Å²) in [6.45, 7) is 5.54. The maximum atomic E-state index is 12.8. The van der Waals surface area contributed by atoms with Crippen LogP contribution in [0.5, 0.6) is 11.5 Å². The van der Waals surface area contributed by atoms with Gasteiger partial charge >= 0.3 is 0 Å². The molecule has 0 atom stereocenters. The number of benzene rings is 2. The molecule has 0 spiro atoms. The maximum absolute atomic E-state index is 12.8. The predicted octanol–water partition coefficient (Wildman–Crippen LogP) is 2.27. The molecular formula is C28H34N4O5. The van der Waals surface area contributed by atoms with E-state index >= 15 is 0 Å². The lowest BCUT2D eigenvalue weighted by molar-refractivity contribution is 0.100. The summed E-state index contributed by atoms with van der Waals surface area (Å²) in [4.78, 5) is 27.3. The summed E-state index contributed by atoms with van der Waals surface area (Å²) >= 11 is 0. The number of nitrogens with one attached hydrogen (secondary N) is 1. The lowest BCUT2D eigenvalue weighted by Crippen LogP contribution is -2.43. The van der Waals surface area contributed by atoms with Gasteiger partial charge in [-0.05, 0) is 67.4 Å². The third-order valence-corrected chi connectivity index (χ3v) is 7.17. The lowest BCUT2D eigenvalue weighted by atomic mass is 10.0. The van der Waals surface area contributed by atoms with Gasteiger partial charge < -0.3 is 34.7 Å². The molecule has 0 saturated carbocycles. The Morgan fingerprint density at radius 2 is 1.81 bits per heavy atom. The van der Waals surface area contributed by atoms with Crippen molar-refractivity contribution in [2.75, 3.05) is 40.0 Å². The molecule has 5 rings (SSSR count). The Morgan fingerprint density at radius 3 is 2.57 bits per heavy atom. The van der Waals surface area contributed by atoms with Crippen molar-refractivity contribution < 1.29 is 19.0 Å². The van der Waals surface area contributed by atoms with Crippen LogP contribution in [0.4, 0.5) is 0 Å². The molecule has 2 aliphatic rings. The summed E-state index contributed by atoms with van der Waals surface area (Å²) in [6.07, 6.45) is 2.08. The van der Waals surface area contributed by atoms with Gasteiger partial charge in [0, 0.05) is 49.8 Å². The minimum atomic E-state index is -0.515. The fourth-order valence-electron chi connectivity index (χ4n) is 5.20. The first kappa shape index (κ1) is 25.3. The SMILES string of the molecule is COCc1cc(C(N)=O)c2ccc(=O)n(CCN3CCC(NCc4ccc5c(c4)OCCO5)CC3)c2c1. The Morgan fingerprint density at radius 1 is 1.03 bits per heavy atom. The minimum absolute atomic E-state index is 0.0894. The molecule has 3 N–H and O–H groups in total. The van der Waals surface area contributed by atoms with Crippen molar-refractivity contribution >= 4 is 16.8 Å². The van der Waals surface area contributed by atoms with Crippen LogP contribution in [0.1, 0.15) is 34.3 Å². The minimum Gasteiger partial charge on any atom is -0.486 e. The number of carbonyl (C=O) groups is 1. The highest BCUT2D eigenvalue weighted by Crippen LogP contribution is 2.30. The fourth-order valence-corrected chi connectivity index (χ4v) is 5.20. The highest BCUT2D eigenvalue weighted by molar-refractivity contribution is 6.05. The molecule has 0 radical (unpaired) electrons. The van der Waals surface area contributed by atoms with Crippen LogP contribution in [-0.4, -0.2) is 61.4 Å². The monoisotopic (exact) mass is 506 g/mol. The zero-order chi connectivity index (χ0) is 25.8. The Kier molecular flexibility index (Phi) is 7.73. The van der Waals surface area contributed by atoms with Gasteiger partial charge in [-0.15, -0.1) is 0 Å². The first-order valence-electron chi connectivity index (χ1n) is 12.8. The van der Waals surface area contributed by atoms with Gasteiger partial charge in [-0.3, -0.25) is 9.59 Å². The molecule has 1 amide bonds. The van der Waals surface area contributed by atoms with Gasteiger partial charge in [-0.1, -0.05) is 6.07 Å². The van der Waals surface area contributed by atoms with E-state index in [0.29, 0.717) is 48.9 Å². The second-order valence-electron chi connectivity index (χ2n) is 9.67. The number of likely N-dealkylation sites (tertiary alicyclic amines) is 1. The number of fused-ring (bicyclic) bond motifs is 2. The highest BCUT2D eigenvalue weighted by Gasteiger charge is 2.20. The zero-order valence-electron chi connectivity index (χ0n) is 21.2. The average molecular weight is 507 g/mol. The predicted molar refractivity (Wildman–Crippen MR) is 141 cm³/mol. The second-order valence-corrected chi connectivity index (χ2v) is 9.67. The Bertz CT molecular complexity index is 1330. The number of methoxy groups -OCH3 is 1. The number of piperidine rings is 1. The van der Waals surface area contributed by atoms with Gasteiger partial charge in [0.2, 0.25) is 5.91 Å². The smallest absolute Gasteiger partial charge is 0.251 e. The summed E-state index contributed by atoms with van der Waals surface area (Å²) < 4.78 is 18.3. The summed E-state index contributed by atoms with van der Waals surface area (Å²) in [5.74, 6) is 1.12. The van der Waals surface area contributed by atoms with Crippen molar-refractivity contribution in [2.45, 2.75) is 38.6 Å². The Hall–Kier alpha value is -3.40. The molecule has 0 aliphatic carbocycles. The largest absolute Gasteiger partial charge is 0.486 e. The van der Waals surface area contributed by atoms with Crippen LogP contribution in [0, 0.1) is 0 Å². The third-order valence-electron chi connectivity index (χ3n) is 7.17. The number of aromatic nitrogens is 1. The van der Waals surface area contributed by atoms with E-state index in [0.717, 1.165) is 56.1 Å². The van der Waals surface area contributed by atoms with Crippen molar-refractivity contribution in [3.8, 4) is 11.5 Å². The molecule has 196 valence electrons. The Balaban J connectivity index is 1.19. The van der Waals surface area contributed by atoms with Crippen LogP contribution in [0.15, 0.2) is 47.3 Å². The average Bonchev–Trinajstić information content (AvgIpc) is 2.91. The molecule has 9 nitrogen and oxygen atoms in total. The van der Waals surface area contributed by atoms with Crippen molar-refractivity contribution in [1.82, 2.24) is 14.8 Å². The molecular weight excluding hydrogens is 472 g/mol. The first-order chi connectivity index (χ1) is 18.0. The molecule has 3 aromatic rings. The van der Waals surface area contributed by atoms with Crippen LogP contribution in [0.3, 0.4) is 0 Å². The van der Waals surface area contributed by atoms with Gasteiger partial charge in [0.05, 0.1) is 12.1 Å². The normalized spacial score (nSPS) is 16.2. The second kappa shape index (κ2) is 11.3. The number of nitrogens with two attached hydrogens (primary N) is 1. The lowest BCUT2D eigenvalue weighted by Gasteiger charge is -2.32. The summed E-state index contributed by atoms with van der Waals surface area (Å²) in [7, 11) is 1.60. The van der Waals surface area contributed by atoms with E-state index in [1.54, 1.807) is 23.8 Å². The van der Waals surface area contributed by atoms with Crippen molar-refractivity contribution in [3.05, 3.63) is 69.5 Å². The first-order valence-corrected chi connectivity index (χ1v) is 12.8. The molecule has 3 heterocycles. The molecule has 2 aromatic carbocycles. The zero-order valence-corrected chi connectivity index (χ0v) is 21.2. The number of hydrogen-bond acceptors (Lipinski definition) is 7. The quantitative estimate of drug-likeness (QED) is 0.458. The van der Waals surface area contributed by atoms with E-state index in [2.05, 4.69) is 22.3 Å². The van der Waals surface area contributed by atoms with E-state index in [4.69, 9.17) is 19.9 Å². The van der Waals surface area contributed by atoms with Crippen LogP contribution in [0.2, 0.25) is 0 Å².